The van der Waals surface area contributed by atoms with Gasteiger partial charge >= 0.3 is 6.61 Å². The van der Waals surface area contributed by atoms with Gasteiger partial charge in [-0.05, 0) is 24.3 Å². The molecule has 0 aromatic heterocycles. The molecule has 1 aliphatic rings. The Hall–Kier alpha value is -3.16. The number of anilines is 1. The van der Waals surface area contributed by atoms with Crippen molar-refractivity contribution in [2.75, 3.05) is 38.0 Å². The maximum Gasteiger partial charge on any atom is 0.387 e. The molecular weight excluding hydrogens is 368 g/mol. The second-order valence-electron chi connectivity index (χ2n) is 6.27. The van der Waals surface area contributed by atoms with Crippen LogP contribution in [0.3, 0.4) is 0 Å². The van der Waals surface area contributed by atoms with Crippen LogP contribution >= 0.6 is 0 Å². The van der Waals surface area contributed by atoms with Gasteiger partial charge in [-0.25, -0.2) is 0 Å². The summed E-state index contributed by atoms with van der Waals surface area (Å²) in [5, 5.41) is 3.07. The summed E-state index contributed by atoms with van der Waals surface area (Å²) in [6.07, 6.45) is 0. The molecule has 28 heavy (non-hydrogen) atoms. The third-order valence-corrected chi connectivity index (χ3v) is 4.47. The number of para-hydroxylation sites is 2. The normalized spacial score (nSPS) is 14.1. The third kappa shape index (κ3) is 4.97. The van der Waals surface area contributed by atoms with Crippen LogP contribution in [-0.2, 0) is 4.79 Å². The van der Waals surface area contributed by atoms with Crippen LogP contribution in [0.5, 0.6) is 5.75 Å². The maximum atomic E-state index is 12.7. The molecule has 1 heterocycles. The van der Waals surface area contributed by atoms with Crippen LogP contribution in [0.25, 0.3) is 0 Å². The standard InChI is InChI=1S/C20H21F2N3O3/c21-20(22)28-17-9-5-4-8-16(17)19(27)25-12-10-24(11-13-25)18(26)14-23-15-6-2-1-3-7-15/h1-9,20,23H,10-14H2. The first kappa shape index (κ1) is 19.6. The number of hydrogen-bond donors (Lipinski definition) is 1. The Morgan fingerprint density at radius 1 is 0.929 bits per heavy atom. The average molecular weight is 389 g/mol. The Morgan fingerprint density at radius 3 is 2.21 bits per heavy atom. The van der Waals surface area contributed by atoms with Crippen LogP contribution in [0.1, 0.15) is 10.4 Å². The van der Waals surface area contributed by atoms with Gasteiger partial charge in [-0.2, -0.15) is 8.78 Å². The second kappa shape index (κ2) is 9.16. The molecule has 2 amide bonds. The molecule has 0 radical (unpaired) electrons. The van der Waals surface area contributed by atoms with Crippen LogP contribution in [0, 0.1) is 0 Å². The molecule has 1 fully saturated rings. The zero-order valence-electron chi connectivity index (χ0n) is 15.2. The van der Waals surface area contributed by atoms with E-state index in [1.807, 2.05) is 30.3 Å². The summed E-state index contributed by atoms with van der Waals surface area (Å²) in [7, 11) is 0. The number of carbonyl (C=O) groups is 2. The van der Waals surface area contributed by atoms with E-state index in [2.05, 4.69) is 10.1 Å². The number of ether oxygens (including phenoxy) is 1. The van der Waals surface area contributed by atoms with E-state index in [1.54, 1.807) is 15.9 Å². The average Bonchev–Trinajstić information content (AvgIpc) is 2.72. The number of benzene rings is 2. The van der Waals surface area contributed by atoms with Gasteiger partial charge in [-0.15, -0.1) is 0 Å². The molecule has 0 atom stereocenters. The van der Waals surface area contributed by atoms with Gasteiger partial charge in [0, 0.05) is 31.9 Å². The van der Waals surface area contributed by atoms with Gasteiger partial charge in [0.2, 0.25) is 5.91 Å². The minimum atomic E-state index is -3.00. The van der Waals surface area contributed by atoms with Crippen molar-refractivity contribution in [3.8, 4) is 5.75 Å². The zero-order valence-corrected chi connectivity index (χ0v) is 15.2. The summed E-state index contributed by atoms with van der Waals surface area (Å²) < 4.78 is 29.5. The molecule has 148 valence electrons. The van der Waals surface area contributed by atoms with E-state index >= 15 is 0 Å². The van der Waals surface area contributed by atoms with Crippen molar-refractivity contribution in [1.29, 1.82) is 0 Å². The molecule has 1 saturated heterocycles. The minimum Gasteiger partial charge on any atom is -0.434 e. The van der Waals surface area contributed by atoms with Crippen LogP contribution in [0.15, 0.2) is 54.6 Å². The predicted molar refractivity (Wildman–Crippen MR) is 100 cm³/mol. The molecule has 0 unspecified atom stereocenters. The quantitative estimate of drug-likeness (QED) is 0.825. The highest BCUT2D eigenvalue weighted by molar-refractivity contribution is 5.97. The minimum absolute atomic E-state index is 0.0580. The number of alkyl halides is 2. The van der Waals surface area contributed by atoms with E-state index in [9.17, 15) is 18.4 Å². The molecule has 2 aromatic carbocycles. The van der Waals surface area contributed by atoms with Crippen LogP contribution in [0.4, 0.5) is 14.5 Å². The smallest absolute Gasteiger partial charge is 0.387 e. The number of hydrogen-bond acceptors (Lipinski definition) is 4. The number of nitrogens with zero attached hydrogens (tertiary/aromatic N) is 2. The van der Waals surface area contributed by atoms with Crippen molar-refractivity contribution in [1.82, 2.24) is 9.80 Å². The summed E-state index contributed by atoms with van der Waals surface area (Å²) >= 11 is 0. The Balaban J connectivity index is 1.53. The molecule has 3 rings (SSSR count). The van der Waals surface area contributed by atoms with Gasteiger partial charge < -0.3 is 19.9 Å². The Morgan fingerprint density at radius 2 is 1.54 bits per heavy atom. The van der Waals surface area contributed by atoms with Crippen LogP contribution < -0.4 is 10.1 Å². The van der Waals surface area contributed by atoms with Gasteiger partial charge in [-0.1, -0.05) is 30.3 Å². The zero-order chi connectivity index (χ0) is 19.9. The summed E-state index contributed by atoms with van der Waals surface area (Å²) in [5.74, 6) is -0.587. The van der Waals surface area contributed by atoms with Crippen molar-refractivity contribution >= 4 is 17.5 Å². The monoisotopic (exact) mass is 389 g/mol. The largest absolute Gasteiger partial charge is 0.434 e. The Kier molecular flexibility index (Phi) is 6.41. The van der Waals surface area contributed by atoms with Crippen molar-refractivity contribution in [3.05, 3.63) is 60.2 Å². The highest BCUT2D eigenvalue weighted by Crippen LogP contribution is 2.22. The van der Waals surface area contributed by atoms with Crippen molar-refractivity contribution in [2.45, 2.75) is 6.61 Å². The van der Waals surface area contributed by atoms with Crippen LogP contribution in [0.2, 0.25) is 0 Å². The SMILES string of the molecule is O=C(CNc1ccccc1)N1CCN(C(=O)c2ccccc2OC(F)F)CC1. The lowest BCUT2D eigenvalue weighted by Crippen LogP contribution is -2.51. The summed E-state index contributed by atoms with van der Waals surface area (Å²) in [5.41, 5.74) is 0.952. The number of amides is 2. The number of halogens is 2. The van der Waals surface area contributed by atoms with Crippen LogP contribution in [-0.4, -0.2) is 60.9 Å². The topological polar surface area (TPSA) is 61.9 Å². The lowest BCUT2D eigenvalue weighted by atomic mass is 10.1. The first-order valence-electron chi connectivity index (χ1n) is 8.94. The maximum absolute atomic E-state index is 12.7. The molecule has 0 spiro atoms. The fourth-order valence-electron chi connectivity index (χ4n) is 3.02. The highest BCUT2D eigenvalue weighted by atomic mass is 19.3. The van der Waals surface area contributed by atoms with Gasteiger partial charge in [0.1, 0.15) is 5.75 Å². The molecule has 6 nitrogen and oxygen atoms in total. The molecule has 1 aliphatic heterocycles. The van der Waals surface area contributed by atoms with E-state index in [-0.39, 0.29) is 29.7 Å². The van der Waals surface area contributed by atoms with Crippen molar-refractivity contribution in [2.24, 2.45) is 0 Å². The molecule has 8 heteroatoms. The molecule has 0 aliphatic carbocycles. The fourth-order valence-corrected chi connectivity index (χ4v) is 3.02. The lowest BCUT2D eigenvalue weighted by Gasteiger charge is -2.35. The van der Waals surface area contributed by atoms with Crippen molar-refractivity contribution in [3.63, 3.8) is 0 Å². The molecular formula is C20H21F2N3O3. The van der Waals surface area contributed by atoms with Gasteiger partial charge in [0.25, 0.3) is 5.91 Å². The Bertz CT molecular complexity index is 809. The number of nitrogens with one attached hydrogen (secondary N) is 1. The van der Waals surface area contributed by atoms with Crippen molar-refractivity contribution < 1.29 is 23.1 Å². The number of carbonyl (C=O) groups excluding carboxylic acids is 2. The summed E-state index contributed by atoms with van der Waals surface area (Å²) in [4.78, 5) is 28.3. The number of rotatable bonds is 6. The number of piperazine rings is 1. The first-order valence-corrected chi connectivity index (χ1v) is 8.94. The third-order valence-electron chi connectivity index (χ3n) is 4.47. The van der Waals surface area contributed by atoms with E-state index in [0.717, 1.165) is 5.69 Å². The first-order chi connectivity index (χ1) is 13.5. The summed E-state index contributed by atoms with van der Waals surface area (Å²) in [6.45, 7) is -1.39. The lowest BCUT2D eigenvalue weighted by molar-refractivity contribution is -0.130. The van der Waals surface area contributed by atoms with E-state index in [4.69, 9.17) is 0 Å². The second-order valence-corrected chi connectivity index (χ2v) is 6.27. The van der Waals surface area contributed by atoms with E-state index in [1.165, 1.54) is 18.2 Å². The highest BCUT2D eigenvalue weighted by Gasteiger charge is 2.26. The summed E-state index contributed by atoms with van der Waals surface area (Å²) in [6, 6.07) is 15.3. The molecule has 1 N–H and O–H groups in total. The van der Waals surface area contributed by atoms with E-state index < -0.39 is 6.61 Å². The van der Waals surface area contributed by atoms with Gasteiger partial charge in [0.05, 0.1) is 12.1 Å². The van der Waals surface area contributed by atoms with Gasteiger partial charge in [-0.3, -0.25) is 9.59 Å². The predicted octanol–water partition coefficient (Wildman–Crippen LogP) is 2.68. The molecule has 2 aromatic rings. The molecule has 0 bridgehead atoms. The Labute approximate surface area is 161 Å². The van der Waals surface area contributed by atoms with E-state index in [0.29, 0.717) is 26.2 Å². The molecule has 0 saturated carbocycles. The fraction of sp³-hybridized carbons (Fsp3) is 0.300. The van der Waals surface area contributed by atoms with Gasteiger partial charge in [0.15, 0.2) is 0 Å².